The van der Waals surface area contributed by atoms with E-state index in [4.69, 9.17) is 15.2 Å². The molecule has 1 aromatic rings. The minimum atomic E-state index is -0.106. The third-order valence-corrected chi connectivity index (χ3v) is 3.71. The third-order valence-electron chi connectivity index (χ3n) is 3.71. The van der Waals surface area contributed by atoms with Crippen LogP contribution >= 0.6 is 0 Å². The van der Waals surface area contributed by atoms with Gasteiger partial charge in [0.15, 0.2) is 0 Å². The normalized spacial score (nSPS) is 25.2. The van der Waals surface area contributed by atoms with Crippen LogP contribution in [-0.2, 0) is 4.74 Å². The van der Waals surface area contributed by atoms with Gasteiger partial charge in [-0.2, -0.15) is 0 Å². The number of rotatable bonds is 3. The number of methoxy groups -OCH3 is 1. The molecule has 1 aromatic carbocycles. The highest BCUT2D eigenvalue weighted by molar-refractivity contribution is 5.45. The maximum atomic E-state index is 6.38. The first-order chi connectivity index (χ1) is 8.52. The predicted octanol–water partition coefficient (Wildman–Crippen LogP) is 2.88. The Morgan fingerprint density at radius 2 is 2.06 bits per heavy atom. The van der Waals surface area contributed by atoms with Crippen LogP contribution < -0.4 is 10.5 Å². The number of benzene rings is 1. The molecule has 1 fully saturated rings. The van der Waals surface area contributed by atoms with Crippen LogP contribution in [0.3, 0.4) is 0 Å². The minimum absolute atomic E-state index is 0.106. The van der Waals surface area contributed by atoms with E-state index in [1.165, 1.54) is 11.1 Å². The maximum Gasteiger partial charge on any atom is 0.124 e. The number of aryl methyl sites for hydroxylation is 2. The number of hydrogen-bond donors (Lipinski definition) is 1. The molecular formula is C15H23NO2. The summed E-state index contributed by atoms with van der Waals surface area (Å²) in [5, 5.41) is 0. The molecule has 3 heteroatoms. The van der Waals surface area contributed by atoms with Gasteiger partial charge in [-0.1, -0.05) is 6.07 Å². The molecule has 1 saturated heterocycles. The van der Waals surface area contributed by atoms with Gasteiger partial charge in [-0.05, 0) is 50.8 Å². The molecule has 0 saturated carbocycles. The molecule has 100 valence electrons. The Morgan fingerprint density at radius 3 is 2.61 bits per heavy atom. The molecule has 3 unspecified atom stereocenters. The second-order valence-electron chi connectivity index (χ2n) is 5.29. The average molecular weight is 249 g/mol. The molecule has 0 bridgehead atoms. The van der Waals surface area contributed by atoms with Crippen molar-refractivity contribution in [2.75, 3.05) is 7.11 Å². The van der Waals surface area contributed by atoms with Gasteiger partial charge in [0, 0.05) is 5.56 Å². The quantitative estimate of drug-likeness (QED) is 0.896. The zero-order valence-electron chi connectivity index (χ0n) is 11.7. The Balaban J connectivity index is 2.32. The Bertz CT molecular complexity index is 431. The van der Waals surface area contributed by atoms with Crippen LogP contribution in [0.4, 0.5) is 0 Å². The molecule has 0 aromatic heterocycles. The molecule has 1 aliphatic heterocycles. The summed E-state index contributed by atoms with van der Waals surface area (Å²) in [6, 6.07) is 4.09. The van der Waals surface area contributed by atoms with E-state index >= 15 is 0 Å². The standard InChI is InChI=1S/C15H23NO2/c1-9-7-10(2)14(13(8-9)17-4)15(16)12-6-5-11(3)18-12/h7-8,11-12,15H,5-6,16H2,1-4H3. The van der Waals surface area contributed by atoms with Crippen molar-refractivity contribution in [3.05, 3.63) is 28.8 Å². The lowest BCUT2D eigenvalue weighted by Gasteiger charge is -2.24. The lowest BCUT2D eigenvalue weighted by molar-refractivity contribution is 0.0395. The highest BCUT2D eigenvalue weighted by atomic mass is 16.5. The summed E-state index contributed by atoms with van der Waals surface area (Å²) < 4.78 is 11.4. The summed E-state index contributed by atoms with van der Waals surface area (Å²) in [6.07, 6.45) is 2.54. The van der Waals surface area contributed by atoms with Gasteiger partial charge in [0.1, 0.15) is 5.75 Å². The van der Waals surface area contributed by atoms with E-state index in [2.05, 4.69) is 26.8 Å². The van der Waals surface area contributed by atoms with Gasteiger partial charge in [-0.15, -0.1) is 0 Å². The van der Waals surface area contributed by atoms with E-state index in [1.807, 2.05) is 6.07 Å². The molecule has 3 atom stereocenters. The lowest BCUT2D eigenvalue weighted by atomic mass is 9.93. The van der Waals surface area contributed by atoms with Gasteiger partial charge in [-0.3, -0.25) is 0 Å². The summed E-state index contributed by atoms with van der Waals surface area (Å²) in [7, 11) is 1.70. The van der Waals surface area contributed by atoms with Crippen molar-refractivity contribution in [3.8, 4) is 5.75 Å². The molecule has 2 rings (SSSR count). The first-order valence-electron chi connectivity index (χ1n) is 6.59. The summed E-state index contributed by atoms with van der Waals surface area (Å²) in [5.74, 6) is 0.878. The summed E-state index contributed by atoms with van der Waals surface area (Å²) in [6.45, 7) is 6.26. The van der Waals surface area contributed by atoms with Gasteiger partial charge in [-0.25, -0.2) is 0 Å². The summed E-state index contributed by atoms with van der Waals surface area (Å²) in [5.41, 5.74) is 9.85. The first-order valence-corrected chi connectivity index (χ1v) is 6.59. The zero-order chi connectivity index (χ0) is 13.3. The highest BCUT2D eigenvalue weighted by Crippen LogP contribution is 2.35. The van der Waals surface area contributed by atoms with Crippen molar-refractivity contribution < 1.29 is 9.47 Å². The first kappa shape index (κ1) is 13.4. The van der Waals surface area contributed by atoms with E-state index in [0.29, 0.717) is 6.10 Å². The Morgan fingerprint density at radius 1 is 1.33 bits per heavy atom. The van der Waals surface area contributed by atoms with Crippen LogP contribution in [0.15, 0.2) is 12.1 Å². The molecule has 0 amide bonds. The molecule has 0 radical (unpaired) electrons. The molecule has 18 heavy (non-hydrogen) atoms. The zero-order valence-corrected chi connectivity index (χ0v) is 11.7. The molecular weight excluding hydrogens is 226 g/mol. The van der Waals surface area contributed by atoms with E-state index in [9.17, 15) is 0 Å². The van der Waals surface area contributed by atoms with Crippen molar-refractivity contribution in [1.82, 2.24) is 0 Å². The van der Waals surface area contributed by atoms with Crippen LogP contribution in [0.25, 0.3) is 0 Å². The fraction of sp³-hybridized carbons (Fsp3) is 0.600. The SMILES string of the molecule is COc1cc(C)cc(C)c1C(N)C1CCC(C)O1. The van der Waals surface area contributed by atoms with Crippen molar-refractivity contribution in [2.24, 2.45) is 5.73 Å². The average Bonchev–Trinajstić information content (AvgIpc) is 2.74. The van der Waals surface area contributed by atoms with Crippen molar-refractivity contribution in [2.45, 2.75) is 51.9 Å². The lowest BCUT2D eigenvalue weighted by Crippen LogP contribution is -2.27. The maximum absolute atomic E-state index is 6.38. The minimum Gasteiger partial charge on any atom is -0.496 e. The fourth-order valence-electron chi connectivity index (χ4n) is 2.82. The van der Waals surface area contributed by atoms with E-state index in [0.717, 1.165) is 24.2 Å². The van der Waals surface area contributed by atoms with Crippen molar-refractivity contribution in [1.29, 1.82) is 0 Å². The Kier molecular flexibility index (Phi) is 3.93. The van der Waals surface area contributed by atoms with Gasteiger partial charge >= 0.3 is 0 Å². The summed E-state index contributed by atoms with van der Waals surface area (Å²) >= 11 is 0. The molecule has 1 aliphatic rings. The van der Waals surface area contributed by atoms with Crippen LogP contribution in [0.2, 0.25) is 0 Å². The van der Waals surface area contributed by atoms with Crippen LogP contribution in [0.1, 0.15) is 42.5 Å². The third kappa shape index (κ3) is 2.52. The largest absolute Gasteiger partial charge is 0.496 e. The smallest absolute Gasteiger partial charge is 0.124 e. The second kappa shape index (κ2) is 5.29. The Hall–Kier alpha value is -1.06. The molecule has 1 heterocycles. The van der Waals surface area contributed by atoms with Crippen LogP contribution in [0, 0.1) is 13.8 Å². The van der Waals surface area contributed by atoms with Gasteiger partial charge in [0.2, 0.25) is 0 Å². The summed E-state index contributed by atoms with van der Waals surface area (Å²) in [4.78, 5) is 0. The van der Waals surface area contributed by atoms with E-state index in [1.54, 1.807) is 7.11 Å². The second-order valence-corrected chi connectivity index (χ2v) is 5.29. The van der Waals surface area contributed by atoms with Gasteiger partial charge < -0.3 is 15.2 Å². The monoisotopic (exact) mass is 249 g/mol. The van der Waals surface area contributed by atoms with E-state index in [-0.39, 0.29) is 12.1 Å². The number of ether oxygens (including phenoxy) is 2. The predicted molar refractivity (Wildman–Crippen MR) is 73.0 cm³/mol. The number of nitrogens with two attached hydrogens (primary N) is 1. The van der Waals surface area contributed by atoms with Crippen LogP contribution in [-0.4, -0.2) is 19.3 Å². The number of hydrogen-bond acceptors (Lipinski definition) is 3. The Labute approximate surface area is 109 Å². The molecule has 3 nitrogen and oxygen atoms in total. The fourth-order valence-corrected chi connectivity index (χ4v) is 2.82. The molecule has 0 spiro atoms. The topological polar surface area (TPSA) is 44.5 Å². The van der Waals surface area contributed by atoms with E-state index < -0.39 is 0 Å². The molecule has 0 aliphatic carbocycles. The van der Waals surface area contributed by atoms with Gasteiger partial charge in [0.05, 0.1) is 25.4 Å². The van der Waals surface area contributed by atoms with Gasteiger partial charge in [0.25, 0.3) is 0 Å². The van der Waals surface area contributed by atoms with Crippen molar-refractivity contribution >= 4 is 0 Å². The highest BCUT2D eigenvalue weighted by Gasteiger charge is 2.30. The van der Waals surface area contributed by atoms with Crippen LogP contribution in [0.5, 0.6) is 5.75 Å². The van der Waals surface area contributed by atoms with Crippen molar-refractivity contribution in [3.63, 3.8) is 0 Å². The molecule has 2 N–H and O–H groups in total.